The molecule has 1 aromatic carbocycles. The van der Waals surface area contributed by atoms with E-state index in [2.05, 4.69) is 10.2 Å². The van der Waals surface area contributed by atoms with E-state index in [-0.39, 0.29) is 11.7 Å². The third-order valence-corrected chi connectivity index (χ3v) is 4.25. The molecule has 1 heterocycles. The van der Waals surface area contributed by atoms with Crippen LogP contribution < -0.4 is 10.2 Å². The zero-order valence-corrected chi connectivity index (χ0v) is 12.3. The maximum Gasteiger partial charge on any atom is 0.236 e. The lowest BCUT2D eigenvalue weighted by Gasteiger charge is -2.36. The van der Waals surface area contributed by atoms with Gasteiger partial charge in [0, 0.05) is 31.9 Å². The van der Waals surface area contributed by atoms with Gasteiger partial charge in [0.05, 0.1) is 6.54 Å². The fourth-order valence-corrected chi connectivity index (χ4v) is 2.69. The molecule has 2 aliphatic rings. The highest BCUT2D eigenvalue weighted by atomic mass is 16.3. The van der Waals surface area contributed by atoms with Gasteiger partial charge in [-0.15, -0.1) is 0 Å². The number of phenols is 1. The summed E-state index contributed by atoms with van der Waals surface area (Å²) in [6, 6.07) is 7.25. The molecule has 1 saturated heterocycles. The van der Waals surface area contributed by atoms with Crippen molar-refractivity contribution in [2.24, 2.45) is 5.92 Å². The summed E-state index contributed by atoms with van der Waals surface area (Å²) < 4.78 is 0. The SMILES string of the molecule is O=C(CNCC1CC1)N1CCN(c2ccc(O)cc2)CC1. The van der Waals surface area contributed by atoms with Crippen molar-refractivity contribution in [3.8, 4) is 5.75 Å². The average Bonchev–Trinajstić information content (AvgIpc) is 3.32. The molecule has 1 aromatic rings. The first kappa shape index (κ1) is 14.2. The first-order valence-corrected chi connectivity index (χ1v) is 7.75. The van der Waals surface area contributed by atoms with Gasteiger partial charge in [-0.1, -0.05) is 0 Å². The van der Waals surface area contributed by atoms with Crippen molar-refractivity contribution in [1.29, 1.82) is 0 Å². The molecule has 2 fully saturated rings. The van der Waals surface area contributed by atoms with Gasteiger partial charge in [0.2, 0.25) is 5.91 Å². The van der Waals surface area contributed by atoms with E-state index in [1.807, 2.05) is 17.0 Å². The van der Waals surface area contributed by atoms with Gasteiger partial charge in [0.1, 0.15) is 5.75 Å². The highest BCUT2D eigenvalue weighted by Gasteiger charge is 2.23. The Kier molecular flexibility index (Phi) is 4.29. The number of piperazine rings is 1. The van der Waals surface area contributed by atoms with Crippen molar-refractivity contribution in [3.63, 3.8) is 0 Å². The second-order valence-corrected chi connectivity index (χ2v) is 5.96. The quantitative estimate of drug-likeness (QED) is 0.850. The van der Waals surface area contributed by atoms with E-state index in [0.29, 0.717) is 6.54 Å². The zero-order chi connectivity index (χ0) is 14.7. The average molecular weight is 289 g/mol. The zero-order valence-electron chi connectivity index (χ0n) is 12.3. The van der Waals surface area contributed by atoms with Gasteiger partial charge in [0.15, 0.2) is 0 Å². The van der Waals surface area contributed by atoms with Crippen molar-refractivity contribution >= 4 is 11.6 Å². The molecule has 114 valence electrons. The smallest absolute Gasteiger partial charge is 0.236 e. The molecule has 1 aliphatic heterocycles. The van der Waals surface area contributed by atoms with E-state index in [1.165, 1.54) is 12.8 Å². The Balaban J connectivity index is 1.43. The largest absolute Gasteiger partial charge is 0.508 e. The molecule has 5 nitrogen and oxygen atoms in total. The molecule has 0 bridgehead atoms. The predicted molar refractivity (Wildman–Crippen MR) is 82.5 cm³/mol. The molecular formula is C16H23N3O2. The number of nitrogens with one attached hydrogen (secondary N) is 1. The van der Waals surface area contributed by atoms with Crippen LogP contribution in [0.3, 0.4) is 0 Å². The molecule has 0 aromatic heterocycles. The van der Waals surface area contributed by atoms with E-state index in [9.17, 15) is 9.90 Å². The first-order valence-electron chi connectivity index (χ1n) is 7.75. The number of aromatic hydroxyl groups is 1. The summed E-state index contributed by atoms with van der Waals surface area (Å²) in [5, 5.41) is 12.6. The number of hydrogen-bond donors (Lipinski definition) is 2. The molecule has 1 amide bonds. The van der Waals surface area contributed by atoms with E-state index < -0.39 is 0 Å². The minimum Gasteiger partial charge on any atom is -0.508 e. The van der Waals surface area contributed by atoms with Gasteiger partial charge in [-0.2, -0.15) is 0 Å². The van der Waals surface area contributed by atoms with Crippen LogP contribution in [0.1, 0.15) is 12.8 Å². The van der Waals surface area contributed by atoms with Crippen molar-refractivity contribution < 1.29 is 9.90 Å². The maximum absolute atomic E-state index is 12.1. The predicted octanol–water partition coefficient (Wildman–Crippen LogP) is 1.04. The third-order valence-electron chi connectivity index (χ3n) is 4.25. The van der Waals surface area contributed by atoms with Gasteiger partial charge >= 0.3 is 0 Å². The van der Waals surface area contributed by atoms with Gasteiger partial charge in [0.25, 0.3) is 0 Å². The number of hydrogen-bond acceptors (Lipinski definition) is 4. The Labute approximate surface area is 125 Å². The highest BCUT2D eigenvalue weighted by molar-refractivity contribution is 5.78. The Morgan fingerprint density at radius 1 is 1.14 bits per heavy atom. The Morgan fingerprint density at radius 2 is 1.81 bits per heavy atom. The summed E-state index contributed by atoms with van der Waals surface area (Å²) in [6.45, 7) is 4.68. The van der Waals surface area contributed by atoms with Crippen LogP contribution in [0, 0.1) is 5.92 Å². The summed E-state index contributed by atoms with van der Waals surface area (Å²) in [6.07, 6.45) is 2.62. The van der Waals surface area contributed by atoms with Crippen LogP contribution in [-0.4, -0.2) is 55.2 Å². The molecule has 3 rings (SSSR count). The standard InChI is InChI=1S/C16H23N3O2/c20-15-5-3-14(4-6-15)18-7-9-19(10-8-18)16(21)12-17-11-13-1-2-13/h3-6,13,17,20H,1-2,7-12H2. The summed E-state index contributed by atoms with van der Waals surface area (Å²) >= 11 is 0. The summed E-state index contributed by atoms with van der Waals surface area (Å²) in [5.74, 6) is 1.31. The van der Waals surface area contributed by atoms with Crippen molar-refractivity contribution in [2.45, 2.75) is 12.8 Å². The lowest BCUT2D eigenvalue weighted by molar-refractivity contribution is -0.130. The second kappa shape index (κ2) is 6.35. The van der Waals surface area contributed by atoms with Crippen LogP contribution in [0.2, 0.25) is 0 Å². The number of phenolic OH excluding ortho intramolecular Hbond substituents is 1. The van der Waals surface area contributed by atoms with E-state index in [4.69, 9.17) is 0 Å². The molecule has 0 atom stereocenters. The minimum atomic E-state index is 0.209. The lowest BCUT2D eigenvalue weighted by atomic mass is 10.2. The summed E-state index contributed by atoms with van der Waals surface area (Å²) in [5.41, 5.74) is 1.10. The molecule has 21 heavy (non-hydrogen) atoms. The third kappa shape index (κ3) is 3.88. The van der Waals surface area contributed by atoms with Crippen molar-refractivity contribution in [1.82, 2.24) is 10.2 Å². The number of benzene rings is 1. The van der Waals surface area contributed by atoms with Crippen LogP contribution in [0.25, 0.3) is 0 Å². The Bertz CT molecular complexity index is 477. The van der Waals surface area contributed by atoms with Gasteiger partial charge in [-0.3, -0.25) is 4.79 Å². The molecule has 1 saturated carbocycles. The molecular weight excluding hydrogens is 266 g/mol. The molecule has 0 radical (unpaired) electrons. The summed E-state index contributed by atoms with van der Waals surface area (Å²) in [7, 11) is 0. The fourth-order valence-electron chi connectivity index (χ4n) is 2.69. The Hall–Kier alpha value is -1.75. The van der Waals surface area contributed by atoms with E-state index >= 15 is 0 Å². The van der Waals surface area contributed by atoms with Crippen LogP contribution >= 0.6 is 0 Å². The molecule has 0 spiro atoms. The van der Waals surface area contributed by atoms with E-state index in [0.717, 1.165) is 44.3 Å². The lowest BCUT2D eigenvalue weighted by Crippen LogP contribution is -2.51. The molecule has 0 unspecified atom stereocenters. The maximum atomic E-state index is 12.1. The van der Waals surface area contributed by atoms with Crippen LogP contribution in [0.5, 0.6) is 5.75 Å². The number of amides is 1. The summed E-state index contributed by atoms with van der Waals surface area (Å²) in [4.78, 5) is 16.3. The molecule has 1 aliphatic carbocycles. The normalized spacial score (nSPS) is 18.9. The van der Waals surface area contributed by atoms with Gasteiger partial charge < -0.3 is 20.2 Å². The number of carbonyl (C=O) groups excluding carboxylic acids is 1. The fraction of sp³-hybridized carbons (Fsp3) is 0.562. The first-order chi connectivity index (χ1) is 10.2. The van der Waals surface area contributed by atoms with Crippen molar-refractivity contribution in [2.75, 3.05) is 44.2 Å². The van der Waals surface area contributed by atoms with Crippen LogP contribution in [0.15, 0.2) is 24.3 Å². The highest BCUT2D eigenvalue weighted by Crippen LogP contribution is 2.27. The number of anilines is 1. The molecule has 5 heteroatoms. The number of carbonyl (C=O) groups is 1. The van der Waals surface area contributed by atoms with Crippen LogP contribution in [-0.2, 0) is 4.79 Å². The van der Waals surface area contributed by atoms with Gasteiger partial charge in [-0.25, -0.2) is 0 Å². The topological polar surface area (TPSA) is 55.8 Å². The van der Waals surface area contributed by atoms with Gasteiger partial charge in [-0.05, 0) is 49.6 Å². The van der Waals surface area contributed by atoms with E-state index in [1.54, 1.807) is 12.1 Å². The minimum absolute atomic E-state index is 0.209. The Morgan fingerprint density at radius 3 is 2.43 bits per heavy atom. The van der Waals surface area contributed by atoms with Crippen molar-refractivity contribution in [3.05, 3.63) is 24.3 Å². The molecule has 2 N–H and O–H groups in total. The number of rotatable bonds is 5. The monoisotopic (exact) mass is 289 g/mol. The number of nitrogens with zero attached hydrogens (tertiary/aromatic N) is 2. The van der Waals surface area contributed by atoms with Crippen LogP contribution in [0.4, 0.5) is 5.69 Å². The second-order valence-electron chi connectivity index (χ2n) is 5.96.